The highest BCUT2D eigenvalue weighted by atomic mass is 32.1. The zero-order valence-electron chi connectivity index (χ0n) is 13.9. The third-order valence-electron chi connectivity index (χ3n) is 5.41. The van der Waals surface area contributed by atoms with Crippen LogP contribution < -0.4 is 11.1 Å². The number of carbonyl (C=O) groups excluding carboxylic acids is 2. The molecule has 2 aliphatic rings. The Kier molecular flexibility index (Phi) is 4.39. The van der Waals surface area contributed by atoms with Gasteiger partial charge in [-0.25, -0.2) is 0 Å². The van der Waals surface area contributed by atoms with Gasteiger partial charge in [0.15, 0.2) is 0 Å². The van der Waals surface area contributed by atoms with Crippen LogP contribution in [0.3, 0.4) is 0 Å². The molecule has 132 valence electrons. The first-order valence-corrected chi connectivity index (χ1v) is 10.3. The number of nitrogens with one attached hydrogen (secondary N) is 1. The maximum absolute atomic E-state index is 13.2. The molecule has 0 aromatic carbocycles. The van der Waals surface area contributed by atoms with E-state index < -0.39 is 5.91 Å². The lowest BCUT2D eigenvalue weighted by molar-refractivity contribution is 0.0697. The van der Waals surface area contributed by atoms with Crippen molar-refractivity contribution in [1.29, 1.82) is 0 Å². The Morgan fingerprint density at radius 2 is 2.12 bits per heavy atom. The number of piperidine rings is 1. The summed E-state index contributed by atoms with van der Waals surface area (Å²) < 4.78 is 0. The van der Waals surface area contributed by atoms with Gasteiger partial charge in [-0.1, -0.05) is 0 Å². The van der Waals surface area contributed by atoms with Crippen molar-refractivity contribution in [2.45, 2.75) is 31.8 Å². The Morgan fingerprint density at radius 1 is 1.32 bits per heavy atom. The number of amides is 2. The lowest BCUT2D eigenvalue weighted by atomic mass is 9.93. The molecule has 2 aromatic rings. The molecular weight excluding hydrogens is 354 g/mol. The number of thiophene rings is 2. The molecule has 3 N–H and O–H groups in total. The van der Waals surface area contributed by atoms with Crippen LogP contribution in [0.2, 0.25) is 0 Å². The molecule has 2 amide bonds. The van der Waals surface area contributed by atoms with E-state index in [0.29, 0.717) is 23.0 Å². The molecule has 3 heterocycles. The van der Waals surface area contributed by atoms with Gasteiger partial charge < -0.3 is 16.0 Å². The van der Waals surface area contributed by atoms with E-state index in [-0.39, 0.29) is 11.3 Å². The molecule has 4 rings (SSSR count). The first kappa shape index (κ1) is 16.8. The van der Waals surface area contributed by atoms with Crippen molar-refractivity contribution in [1.82, 2.24) is 10.2 Å². The first-order valence-electron chi connectivity index (χ1n) is 8.50. The molecule has 1 aliphatic carbocycles. The Hall–Kier alpha value is -1.70. The lowest BCUT2D eigenvalue weighted by Gasteiger charge is -2.29. The molecule has 1 saturated heterocycles. The van der Waals surface area contributed by atoms with Crippen LogP contribution in [0.15, 0.2) is 28.3 Å². The summed E-state index contributed by atoms with van der Waals surface area (Å²) in [6.07, 6.45) is 3.34. The summed E-state index contributed by atoms with van der Waals surface area (Å²) in [5.41, 5.74) is 7.19. The molecule has 0 radical (unpaired) electrons. The minimum atomic E-state index is -0.485. The van der Waals surface area contributed by atoms with Crippen LogP contribution in [0, 0.1) is 5.41 Å². The fourth-order valence-corrected chi connectivity index (χ4v) is 5.36. The maximum atomic E-state index is 13.2. The molecule has 7 heteroatoms. The number of nitrogens with two attached hydrogens (primary N) is 1. The molecule has 1 spiro atoms. The van der Waals surface area contributed by atoms with Gasteiger partial charge in [-0.05, 0) is 66.2 Å². The van der Waals surface area contributed by atoms with E-state index in [1.807, 2.05) is 10.3 Å². The number of hydrogen-bond acceptors (Lipinski definition) is 5. The Labute approximate surface area is 154 Å². The summed E-state index contributed by atoms with van der Waals surface area (Å²) in [7, 11) is 0. The molecule has 25 heavy (non-hydrogen) atoms. The average molecular weight is 376 g/mol. The SMILES string of the molecule is NC(=O)c1csc(C(=O)N(Cc2ccsc2)C2CC23CCNCC3)c1. The van der Waals surface area contributed by atoms with Crippen molar-refractivity contribution in [3.8, 4) is 0 Å². The topological polar surface area (TPSA) is 75.4 Å². The van der Waals surface area contributed by atoms with Crippen molar-refractivity contribution in [2.75, 3.05) is 13.1 Å². The fraction of sp³-hybridized carbons (Fsp3) is 0.444. The van der Waals surface area contributed by atoms with E-state index in [1.54, 1.807) is 22.8 Å². The number of carbonyl (C=O) groups is 2. The number of nitrogens with zero attached hydrogens (tertiary/aromatic N) is 1. The zero-order valence-corrected chi connectivity index (χ0v) is 15.5. The van der Waals surface area contributed by atoms with Crippen LogP contribution in [-0.4, -0.2) is 35.8 Å². The first-order chi connectivity index (χ1) is 12.1. The van der Waals surface area contributed by atoms with Gasteiger partial charge in [0.25, 0.3) is 5.91 Å². The van der Waals surface area contributed by atoms with E-state index in [9.17, 15) is 9.59 Å². The van der Waals surface area contributed by atoms with Crippen LogP contribution >= 0.6 is 22.7 Å². The van der Waals surface area contributed by atoms with E-state index in [1.165, 1.54) is 16.9 Å². The van der Waals surface area contributed by atoms with Crippen molar-refractivity contribution >= 4 is 34.5 Å². The molecule has 5 nitrogen and oxygen atoms in total. The Bertz CT molecular complexity index is 778. The van der Waals surface area contributed by atoms with Gasteiger partial charge in [0.1, 0.15) is 0 Å². The Morgan fingerprint density at radius 3 is 2.76 bits per heavy atom. The van der Waals surface area contributed by atoms with Crippen LogP contribution in [0.25, 0.3) is 0 Å². The number of hydrogen-bond donors (Lipinski definition) is 2. The van der Waals surface area contributed by atoms with Crippen molar-refractivity contribution in [2.24, 2.45) is 11.1 Å². The fourth-order valence-electron chi connectivity index (χ4n) is 3.85. The highest BCUT2D eigenvalue weighted by molar-refractivity contribution is 7.12. The highest BCUT2D eigenvalue weighted by Crippen LogP contribution is 2.56. The quantitative estimate of drug-likeness (QED) is 0.844. The summed E-state index contributed by atoms with van der Waals surface area (Å²) in [6, 6.07) is 4.00. The molecule has 1 unspecified atom stereocenters. The standard InChI is InChI=1S/C18H21N3O2S2/c19-16(22)13-7-14(25-11-13)17(23)21(9-12-1-6-24-10-12)15-8-18(15)2-4-20-5-3-18/h1,6-7,10-11,15,20H,2-5,8-9H2,(H2,19,22). The second kappa shape index (κ2) is 6.55. The van der Waals surface area contributed by atoms with E-state index in [0.717, 1.165) is 32.4 Å². The summed E-state index contributed by atoms with van der Waals surface area (Å²) in [6.45, 7) is 2.69. The third kappa shape index (κ3) is 3.23. The van der Waals surface area contributed by atoms with Gasteiger partial charge in [-0.2, -0.15) is 11.3 Å². The van der Waals surface area contributed by atoms with Gasteiger partial charge in [0.2, 0.25) is 5.91 Å². The van der Waals surface area contributed by atoms with Crippen molar-refractivity contribution in [3.05, 3.63) is 44.3 Å². The van der Waals surface area contributed by atoms with Crippen LogP contribution in [0.5, 0.6) is 0 Å². The summed E-state index contributed by atoms with van der Waals surface area (Å²) in [4.78, 5) is 27.2. The molecular formula is C18H21N3O2S2. The predicted molar refractivity (Wildman–Crippen MR) is 100.0 cm³/mol. The highest BCUT2D eigenvalue weighted by Gasteiger charge is 2.57. The minimum Gasteiger partial charge on any atom is -0.366 e. The van der Waals surface area contributed by atoms with Crippen LogP contribution in [0.4, 0.5) is 0 Å². The zero-order chi connectivity index (χ0) is 17.4. The lowest BCUT2D eigenvalue weighted by Crippen LogP contribution is -2.38. The normalized spacial score (nSPS) is 21.2. The van der Waals surface area contributed by atoms with Gasteiger partial charge in [-0.15, -0.1) is 11.3 Å². The van der Waals surface area contributed by atoms with E-state index in [2.05, 4.69) is 16.8 Å². The molecule has 0 bridgehead atoms. The summed E-state index contributed by atoms with van der Waals surface area (Å²) in [5.74, 6) is -0.468. The predicted octanol–water partition coefficient (Wildman–Crippen LogP) is 2.69. The second-order valence-electron chi connectivity index (χ2n) is 6.96. The van der Waals surface area contributed by atoms with Gasteiger partial charge in [0.05, 0.1) is 10.4 Å². The van der Waals surface area contributed by atoms with E-state index >= 15 is 0 Å². The number of primary amides is 1. The molecule has 2 fully saturated rings. The largest absolute Gasteiger partial charge is 0.366 e. The Balaban J connectivity index is 1.58. The average Bonchev–Trinajstić information content (AvgIpc) is 3.06. The molecule has 1 atom stereocenters. The second-order valence-corrected chi connectivity index (χ2v) is 8.65. The number of rotatable bonds is 5. The molecule has 2 aromatic heterocycles. The van der Waals surface area contributed by atoms with Crippen molar-refractivity contribution in [3.63, 3.8) is 0 Å². The third-order valence-corrected chi connectivity index (χ3v) is 7.06. The van der Waals surface area contributed by atoms with Crippen molar-refractivity contribution < 1.29 is 9.59 Å². The van der Waals surface area contributed by atoms with Gasteiger partial charge in [0, 0.05) is 18.0 Å². The summed E-state index contributed by atoms with van der Waals surface area (Å²) >= 11 is 2.96. The van der Waals surface area contributed by atoms with E-state index in [4.69, 9.17) is 5.73 Å². The molecule has 1 saturated carbocycles. The van der Waals surface area contributed by atoms with Crippen LogP contribution in [-0.2, 0) is 6.54 Å². The molecule has 1 aliphatic heterocycles. The minimum absolute atomic E-state index is 0.0177. The monoisotopic (exact) mass is 375 g/mol. The summed E-state index contributed by atoms with van der Waals surface area (Å²) in [5, 5.41) is 9.22. The maximum Gasteiger partial charge on any atom is 0.264 e. The van der Waals surface area contributed by atoms with Gasteiger partial charge >= 0.3 is 0 Å². The van der Waals surface area contributed by atoms with Gasteiger partial charge in [-0.3, -0.25) is 9.59 Å². The smallest absolute Gasteiger partial charge is 0.264 e. The van der Waals surface area contributed by atoms with Crippen LogP contribution in [0.1, 0.15) is 44.9 Å².